The molecule has 0 aromatic heterocycles. The third-order valence-electron chi connectivity index (χ3n) is 5.65. The van der Waals surface area contributed by atoms with E-state index in [0.29, 0.717) is 18.6 Å². The van der Waals surface area contributed by atoms with Gasteiger partial charge in [0.2, 0.25) is 0 Å². The highest BCUT2D eigenvalue weighted by Crippen LogP contribution is 2.47. The zero-order chi connectivity index (χ0) is 16.4. The summed E-state index contributed by atoms with van der Waals surface area (Å²) >= 11 is 0. The van der Waals surface area contributed by atoms with Crippen molar-refractivity contribution < 1.29 is 9.47 Å². The quantitative estimate of drug-likeness (QED) is 0.669. The van der Waals surface area contributed by atoms with E-state index in [-0.39, 0.29) is 0 Å². The van der Waals surface area contributed by atoms with Gasteiger partial charge in [0, 0.05) is 38.7 Å². The summed E-state index contributed by atoms with van der Waals surface area (Å²) in [5.74, 6) is 2.75. The summed E-state index contributed by atoms with van der Waals surface area (Å²) in [4.78, 5) is 6.91. The second kappa shape index (κ2) is 6.54. The molecule has 2 heterocycles. The molecule has 0 radical (unpaired) electrons. The molecule has 0 unspecified atom stereocenters. The lowest BCUT2D eigenvalue weighted by atomic mass is 9.68. The van der Waals surface area contributed by atoms with Crippen LogP contribution in [0.3, 0.4) is 0 Å². The van der Waals surface area contributed by atoms with Crippen LogP contribution in [-0.4, -0.2) is 44.2 Å². The normalized spacial score (nSPS) is 22.2. The predicted molar refractivity (Wildman–Crippen MR) is 94.7 cm³/mol. The van der Waals surface area contributed by atoms with Crippen LogP contribution in [0.25, 0.3) is 0 Å². The van der Waals surface area contributed by atoms with Crippen molar-refractivity contribution >= 4 is 5.96 Å². The Morgan fingerprint density at radius 2 is 2.08 bits per heavy atom. The van der Waals surface area contributed by atoms with Gasteiger partial charge in [-0.05, 0) is 30.7 Å². The minimum absolute atomic E-state index is 0.582. The largest absolute Gasteiger partial charge is 0.490 e. The third-order valence-corrected chi connectivity index (χ3v) is 5.65. The van der Waals surface area contributed by atoms with Crippen molar-refractivity contribution in [1.82, 2.24) is 10.2 Å². The number of rotatable bonds is 2. The topological polar surface area (TPSA) is 46.1 Å². The first-order valence-corrected chi connectivity index (χ1v) is 9.13. The first-order valence-electron chi connectivity index (χ1n) is 9.13. The molecule has 0 bridgehead atoms. The number of nitrogens with one attached hydrogen (secondary N) is 1. The van der Waals surface area contributed by atoms with Gasteiger partial charge < -0.3 is 19.7 Å². The number of hydrogen-bond acceptors (Lipinski definition) is 3. The second-order valence-corrected chi connectivity index (χ2v) is 7.22. The Morgan fingerprint density at radius 3 is 2.83 bits per heavy atom. The number of guanidine groups is 1. The maximum absolute atomic E-state index is 5.91. The van der Waals surface area contributed by atoms with Gasteiger partial charge in [0.15, 0.2) is 17.5 Å². The van der Waals surface area contributed by atoms with Gasteiger partial charge in [0.25, 0.3) is 0 Å². The molecule has 1 saturated carbocycles. The molecule has 5 heteroatoms. The zero-order valence-corrected chi connectivity index (χ0v) is 14.5. The Kier molecular flexibility index (Phi) is 4.25. The van der Waals surface area contributed by atoms with Crippen LogP contribution in [0.15, 0.2) is 23.2 Å². The van der Waals surface area contributed by atoms with Crippen molar-refractivity contribution in [2.45, 2.75) is 38.6 Å². The molecule has 0 atom stereocenters. The molecule has 5 nitrogen and oxygen atoms in total. The van der Waals surface area contributed by atoms with Crippen molar-refractivity contribution in [1.29, 1.82) is 0 Å². The summed E-state index contributed by atoms with van der Waals surface area (Å²) in [5.41, 5.74) is 1.71. The fourth-order valence-corrected chi connectivity index (χ4v) is 4.10. The van der Waals surface area contributed by atoms with Crippen LogP contribution < -0.4 is 14.8 Å². The fourth-order valence-electron chi connectivity index (χ4n) is 4.10. The van der Waals surface area contributed by atoms with Crippen molar-refractivity contribution in [2.24, 2.45) is 10.4 Å². The Hall–Kier alpha value is -1.91. The Morgan fingerprint density at radius 1 is 1.21 bits per heavy atom. The van der Waals surface area contributed by atoms with Crippen molar-refractivity contribution in [3.63, 3.8) is 0 Å². The molecule has 24 heavy (non-hydrogen) atoms. The molecule has 1 N–H and O–H groups in total. The number of fused-ring (bicyclic) bond motifs is 1. The van der Waals surface area contributed by atoms with E-state index < -0.39 is 0 Å². The number of aliphatic imine (C=N–C) groups is 1. The second-order valence-electron chi connectivity index (χ2n) is 7.22. The van der Waals surface area contributed by atoms with E-state index in [1.54, 1.807) is 0 Å². The van der Waals surface area contributed by atoms with Crippen LogP contribution in [0.5, 0.6) is 11.5 Å². The lowest BCUT2D eigenvalue weighted by molar-refractivity contribution is 0.151. The van der Waals surface area contributed by atoms with E-state index in [2.05, 4.69) is 21.3 Å². The number of para-hydroxylation sites is 1. The predicted octanol–water partition coefficient (Wildman–Crippen LogP) is 2.80. The molecular formula is C19H27N3O2. The van der Waals surface area contributed by atoms with Crippen LogP contribution in [0.2, 0.25) is 0 Å². The van der Waals surface area contributed by atoms with E-state index >= 15 is 0 Å². The van der Waals surface area contributed by atoms with E-state index in [1.807, 2.05) is 19.2 Å². The number of nitrogens with zero attached hydrogens (tertiary/aromatic N) is 2. The lowest BCUT2D eigenvalue weighted by Crippen LogP contribution is -2.42. The number of benzene rings is 1. The minimum Gasteiger partial charge on any atom is -0.490 e. The average molecular weight is 329 g/mol. The number of ether oxygens (including phenoxy) is 2. The van der Waals surface area contributed by atoms with Gasteiger partial charge in [-0.2, -0.15) is 0 Å². The van der Waals surface area contributed by atoms with Gasteiger partial charge in [0.05, 0.1) is 13.2 Å². The molecule has 2 fully saturated rings. The summed E-state index contributed by atoms with van der Waals surface area (Å²) in [6.45, 7) is 4.42. The molecule has 3 aliphatic rings. The van der Waals surface area contributed by atoms with Crippen molar-refractivity contribution in [3.05, 3.63) is 23.8 Å². The molecular weight excluding hydrogens is 302 g/mol. The molecule has 0 amide bonds. The van der Waals surface area contributed by atoms with Crippen LogP contribution in [-0.2, 0) is 6.54 Å². The molecule has 4 rings (SSSR count). The van der Waals surface area contributed by atoms with Gasteiger partial charge in [-0.15, -0.1) is 0 Å². The number of likely N-dealkylation sites (tertiary alicyclic amines) is 1. The third kappa shape index (κ3) is 2.92. The monoisotopic (exact) mass is 329 g/mol. The molecule has 130 valence electrons. The molecule has 1 spiro atoms. The van der Waals surface area contributed by atoms with Gasteiger partial charge in [0.1, 0.15) is 0 Å². The summed E-state index contributed by atoms with van der Waals surface area (Å²) in [6.07, 6.45) is 6.41. The van der Waals surface area contributed by atoms with Gasteiger partial charge in [-0.3, -0.25) is 4.99 Å². The number of hydrogen-bond donors (Lipinski definition) is 1. The summed E-state index contributed by atoms with van der Waals surface area (Å²) in [5, 5.41) is 3.52. The maximum atomic E-state index is 5.91. The summed E-state index contributed by atoms with van der Waals surface area (Å²) < 4.78 is 11.7. The lowest BCUT2D eigenvalue weighted by Gasteiger charge is -2.38. The van der Waals surface area contributed by atoms with E-state index in [0.717, 1.165) is 49.1 Å². The van der Waals surface area contributed by atoms with Crippen molar-refractivity contribution in [2.75, 3.05) is 33.4 Å². The summed E-state index contributed by atoms with van der Waals surface area (Å²) in [7, 11) is 1.87. The molecule has 1 aromatic rings. The Balaban J connectivity index is 1.42. The van der Waals surface area contributed by atoms with E-state index in [4.69, 9.17) is 9.47 Å². The highest BCUT2D eigenvalue weighted by molar-refractivity contribution is 5.80. The standard InChI is InChI=1S/C19H27N3O2/c1-20-18(22-10-9-19(14-22)7-3-8-19)21-13-15-5-2-6-16-17(15)24-12-4-11-23-16/h2,5-6H,3-4,7-14H2,1H3,(H,20,21). The maximum Gasteiger partial charge on any atom is 0.193 e. The highest BCUT2D eigenvalue weighted by atomic mass is 16.5. The first-order chi connectivity index (χ1) is 11.8. The van der Waals surface area contributed by atoms with Crippen LogP contribution in [0.1, 0.15) is 37.7 Å². The van der Waals surface area contributed by atoms with Gasteiger partial charge in [-0.25, -0.2) is 0 Å². The Labute approximate surface area is 144 Å². The summed E-state index contributed by atoms with van der Waals surface area (Å²) in [6, 6.07) is 6.12. The molecule has 1 saturated heterocycles. The van der Waals surface area contributed by atoms with E-state index in [9.17, 15) is 0 Å². The fraction of sp³-hybridized carbons (Fsp3) is 0.632. The zero-order valence-electron chi connectivity index (χ0n) is 14.5. The average Bonchev–Trinajstić information content (AvgIpc) is 2.89. The molecule has 1 aromatic carbocycles. The highest BCUT2D eigenvalue weighted by Gasteiger charge is 2.43. The molecule has 1 aliphatic carbocycles. The van der Waals surface area contributed by atoms with E-state index in [1.165, 1.54) is 25.7 Å². The van der Waals surface area contributed by atoms with Gasteiger partial charge in [-0.1, -0.05) is 18.6 Å². The minimum atomic E-state index is 0.582. The van der Waals surface area contributed by atoms with Crippen LogP contribution in [0, 0.1) is 5.41 Å². The Bertz CT molecular complexity index is 625. The smallest absolute Gasteiger partial charge is 0.193 e. The van der Waals surface area contributed by atoms with Crippen LogP contribution in [0.4, 0.5) is 0 Å². The SMILES string of the molecule is CN=C(NCc1cccc2c1OCCCO2)N1CCC2(CCC2)C1. The first kappa shape index (κ1) is 15.6. The van der Waals surface area contributed by atoms with Crippen molar-refractivity contribution in [3.8, 4) is 11.5 Å². The van der Waals surface area contributed by atoms with Crippen LogP contribution >= 0.6 is 0 Å². The molecule has 2 aliphatic heterocycles. The van der Waals surface area contributed by atoms with Gasteiger partial charge >= 0.3 is 0 Å².